The molecule has 3 aromatic rings. The van der Waals surface area contributed by atoms with E-state index in [2.05, 4.69) is 48.6 Å². The molecule has 1 aromatic heterocycles. The minimum absolute atomic E-state index is 0.143. The van der Waals surface area contributed by atoms with Gasteiger partial charge in [0.05, 0.1) is 0 Å². The van der Waals surface area contributed by atoms with Crippen LogP contribution in [0.4, 0.5) is 5.82 Å². The van der Waals surface area contributed by atoms with Gasteiger partial charge in [-0.15, -0.1) is 0 Å². The van der Waals surface area contributed by atoms with Crippen molar-refractivity contribution in [3.05, 3.63) is 78.1 Å². The van der Waals surface area contributed by atoms with Gasteiger partial charge in [0.2, 0.25) is 0 Å². The lowest BCUT2D eigenvalue weighted by Crippen LogP contribution is -2.43. The van der Waals surface area contributed by atoms with E-state index in [-0.39, 0.29) is 11.9 Å². The van der Waals surface area contributed by atoms with Crippen LogP contribution in [0.3, 0.4) is 0 Å². The highest BCUT2D eigenvalue weighted by atomic mass is 16.2. The molecule has 184 valence electrons. The minimum Gasteiger partial charge on any atom is -0.258 e. The Kier molecular flexibility index (Phi) is 9.45. The fourth-order valence-electron chi connectivity index (χ4n) is 4.97. The summed E-state index contributed by atoms with van der Waals surface area (Å²) >= 11 is 0. The van der Waals surface area contributed by atoms with Gasteiger partial charge in [-0.1, -0.05) is 125 Å². The van der Waals surface area contributed by atoms with Gasteiger partial charge in [0.1, 0.15) is 17.6 Å². The maximum absolute atomic E-state index is 13.3. The molecule has 0 spiro atoms. The molecular formula is C31H40N3O+. The highest BCUT2D eigenvalue weighted by molar-refractivity contribution is 5.82. The summed E-state index contributed by atoms with van der Waals surface area (Å²) in [6.45, 7) is 2.27. The normalized spacial score (nSPS) is 14.7. The summed E-state index contributed by atoms with van der Waals surface area (Å²) in [5.74, 6) is 1.00. The summed E-state index contributed by atoms with van der Waals surface area (Å²) in [7, 11) is 0. The smallest absolute Gasteiger partial charge is 0.258 e. The van der Waals surface area contributed by atoms with E-state index in [9.17, 15) is 4.79 Å². The molecule has 0 saturated heterocycles. The largest absolute Gasteiger partial charge is 0.359 e. The Morgan fingerprint density at radius 2 is 1.40 bits per heavy atom. The van der Waals surface area contributed by atoms with Crippen LogP contribution in [-0.2, 0) is 6.42 Å². The summed E-state index contributed by atoms with van der Waals surface area (Å²) in [6, 6.07) is 20.3. The fourth-order valence-corrected chi connectivity index (χ4v) is 4.97. The van der Waals surface area contributed by atoms with Crippen LogP contribution in [0.1, 0.15) is 93.6 Å². The number of anilines is 1. The summed E-state index contributed by atoms with van der Waals surface area (Å²) in [4.78, 5) is 18.3. The number of carbonyl (C=O) groups is 1. The summed E-state index contributed by atoms with van der Waals surface area (Å²) in [6.07, 6.45) is 16.5. The zero-order valence-corrected chi connectivity index (χ0v) is 21.2. The van der Waals surface area contributed by atoms with Gasteiger partial charge in [0, 0.05) is 12.0 Å². The molecule has 1 N–H and O–H groups in total. The predicted molar refractivity (Wildman–Crippen MR) is 144 cm³/mol. The van der Waals surface area contributed by atoms with E-state index in [1.54, 1.807) is 0 Å². The van der Waals surface area contributed by atoms with E-state index in [4.69, 9.17) is 4.98 Å². The number of carbonyl (C=O) groups excluding carboxylic acids is 1. The van der Waals surface area contributed by atoms with Crippen LogP contribution in [0.2, 0.25) is 0 Å². The van der Waals surface area contributed by atoms with E-state index < -0.39 is 0 Å². The molecule has 0 aliphatic carbocycles. The zero-order chi connectivity index (χ0) is 24.3. The number of hydrogen-bond donors (Lipinski definition) is 1. The highest BCUT2D eigenvalue weighted by Crippen LogP contribution is 2.25. The number of benzene rings is 2. The molecule has 0 saturated carbocycles. The Bertz CT molecular complexity index is 1070. The second-order valence-corrected chi connectivity index (χ2v) is 9.83. The first-order valence-electron chi connectivity index (χ1n) is 13.6. The van der Waals surface area contributed by atoms with Crippen molar-refractivity contribution >= 4 is 11.7 Å². The van der Waals surface area contributed by atoms with Crippen molar-refractivity contribution in [3.8, 4) is 11.3 Å². The number of unbranched alkanes of at least 4 members (excludes halogenated alkanes) is 9. The van der Waals surface area contributed by atoms with Gasteiger partial charge in [-0.25, -0.2) is 9.78 Å². The predicted octanol–water partition coefficient (Wildman–Crippen LogP) is 7.37. The Morgan fingerprint density at radius 1 is 0.800 bits per heavy atom. The molecule has 0 bridgehead atoms. The number of aromatic nitrogens is 2. The lowest BCUT2D eigenvalue weighted by atomic mass is 10.0. The standard InChI is InChI=1S/C31H39N3O/c1-2-3-4-5-6-7-8-9-10-17-22-27-31(35)34-24-29(26-20-15-12-16-21-26)32-28(30(34)33-27)23-25-18-13-11-14-19-25/h11-16,18-21,24,27H,2-10,17,22-23H2,1H3/p+1. The van der Waals surface area contributed by atoms with E-state index in [0.29, 0.717) is 6.42 Å². The van der Waals surface area contributed by atoms with Crippen molar-refractivity contribution in [2.24, 2.45) is 0 Å². The van der Waals surface area contributed by atoms with Gasteiger partial charge in [-0.05, 0) is 18.4 Å². The Labute approximate surface area is 210 Å². The molecule has 1 unspecified atom stereocenters. The monoisotopic (exact) mass is 470 g/mol. The number of fused-ring (bicyclic) bond motifs is 1. The molecule has 1 aliphatic heterocycles. The number of rotatable bonds is 14. The summed E-state index contributed by atoms with van der Waals surface area (Å²) < 4.78 is 1.81. The average molecular weight is 471 g/mol. The van der Waals surface area contributed by atoms with Crippen molar-refractivity contribution in [3.63, 3.8) is 0 Å². The van der Waals surface area contributed by atoms with Gasteiger partial charge in [0.15, 0.2) is 6.04 Å². The number of nitrogens with one attached hydrogen (secondary N) is 1. The molecule has 2 heterocycles. The Hall–Kier alpha value is -3.01. The third-order valence-electron chi connectivity index (χ3n) is 7.00. The zero-order valence-electron chi connectivity index (χ0n) is 21.2. The molecular weight excluding hydrogens is 430 g/mol. The highest BCUT2D eigenvalue weighted by Gasteiger charge is 2.40. The molecule has 0 radical (unpaired) electrons. The molecule has 35 heavy (non-hydrogen) atoms. The quantitative estimate of drug-likeness (QED) is 0.198. The third kappa shape index (κ3) is 7.00. The Morgan fingerprint density at radius 3 is 2.06 bits per heavy atom. The van der Waals surface area contributed by atoms with E-state index in [1.165, 1.54) is 63.4 Å². The van der Waals surface area contributed by atoms with Gasteiger partial charge in [-0.3, -0.25) is 5.32 Å². The van der Waals surface area contributed by atoms with Crippen LogP contribution in [0, 0.1) is 0 Å². The molecule has 0 fully saturated rings. The van der Waals surface area contributed by atoms with Gasteiger partial charge in [-0.2, -0.15) is 4.57 Å². The van der Waals surface area contributed by atoms with Crippen LogP contribution in [0.25, 0.3) is 11.3 Å². The van der Waals surface area contributed by atoms with Gasteiger partial charge < -0.3 is 0 Å². The first kappa shape index (κ1) is 25.1. The molecule has 4 heteroatoms. The maximum atomic E-state index is 13.3. The van der Waals surface area contributed by atoms with E-state index >= 15 is 0 Å². The third-order valence-corrected chi connectivity index (χ3v) is 7.00. The molecule has 4 nitrogen and oxygen atoms in total. The van der Waals surface area contributed by atoms with Crippen LogP contribution >= 0.6 is 0 Å². The van der Waals surface area contributed by atoms with Crippen LogP contribution < -0.4 is 9.88 Å². The van der Waals surface area contributed by atoms with Crippen molar-refractivity contribution in [2.75, 3.05) is 5.32 Å². The SMILES string of the molecule is CCCCCCCCCCCCC1Nc2c(Cc3ccccc3)nc(-c3ccccc3)c[n+]2C1=O. The van der Waals surface area contributed by atoms with Crippen molar-refractivity contribution in [2.45, 2.75) is 90.0 Å². The number of hydrogen-bond acceptors (Lipinski definition) is 3. The molecule has 4 rings (SSSR count). The van der Waals surface area contributed by atoms with Gasteiger partial charge in [0.25, 0.3) is 0 Å². The average Bonchev–Trinajstić information content (AvgIpc) is 3.22. The summed E-state index contributed by atoms with van der Waals surface area (Å²) in [5, 5.41) is 3.53. The van der Waals surface area contributed by atoms with Crippen molar-refractivity contribution in [1.82, 2.24) is 4.98 Å². The summed E-state index contributed by atoms with van der Waals surface area (Å²) in [5.41, 5.74) is 4.00. The van der Waals surface area contributed by atoms with Crippen LogP contribution in [-0.4, -0.2) is 16.9 Å². The minimum atomic E-state index is -0.161. The van der Waals surface area contributed by atoms with E-state index in [0.717, 1.165) is 35.6 Å². The topological polar surface area (TPSA) is 45.9 Å². The van der Waals surface area contributed by atoms with Crippen LogP contribution in [0.15, 0.2) is 66.9 Å². The molecule has 0 amide bonds. The molecule has 1 atom stereocenters. The lowest BCUT2D eigenvalue weighted by molar-refractivity contribution is -0.552. The van der Waals surface area contributed by atoms with Crippen molar-refractivity contribution in [1.29, 1.82) is 0 Å². The van der Waals surface area contributed by atoms with Gasteiger partial charge >= 0.3 is 11.7 Å². The Balaban J connectivity index is 1.37. The molecule has 2 aromatic carbocycles. The van der Waals surface area contributed by atoms with Crippen LogP contribution in [0.5, 0.6) is 0 Å². The second-order valence-electron chi connectivity index (χ2n) is 9.83. The van der Waals surface area contributed by atoms with Crippen molar-refractivity contribution < 1.29 is 9.36 Å². The first-order chi connectivity index (χ1) is 17.3. The second kappa shape index (κ2) is 13.2. The van der Waals surface area contributed by atoms with E-state index in [1.807, 2.05) is 35.0 Å². The number of nitrogens with zero attached hydrogens (tertiary/aromatic N) is 2. The molecule has 1 aliphatic rings. The first-order valence-corrected chi connectivity index (χ1v) is 13.6. The maximum Gasteiger partial charge on any atom is 0.359 e. The lowest BCUT2D eigenvalue weighted by Gasteiger charge is -2.07. The fraction of sp³-hybridized carbons (Fsp3) is 0.452.